The minimum absolute atomic E-state index is 0.120. The predicted molar refractivity (Wildman–Crippen MR) is 204 cm³/mol. The third kappa shape index (κ3) is 9.39. The number of nitrogens with zero attached hydrogens (tertiary/aromatic N) is 2. The van der Waals surface area contributed by atoms with Gasteiger partial charge in [-0.25, -0.2) is 22.7 Å². The summed E-state index contributed by atoms with van der Waals surface area (Å²) in [7, 11) is -4.03. The van der Waals surface area contributed by atoms with Crippen molar-refractivity contribution >= 4 is 39.9 Å². The number of alkyl carbamates (subject to hydrolysis) is 1. The fourth-order valence-electron chi connectivity index (χ4n) is 7.58. The number of rotatable bonds is 7. The van der Waals surface area contributed by atoms with Crippen LogP contribution in [0, 0.1) is 29.1 Å². The van der Waals surface area contributed by atoms with Gasteiger partial charge in [-0.2, -0.15) is 0 Å². The van der Waals surface area contributed by atoms with Gasteiger partial charge >= 0.3 is 12.2 Å². The average molecular weight is 784 g/mol. The first-order valence-corrected chi connectivity index (χ1v) is 20.9. The van der Waals surface area contributed by atoms with Crippen LogP contribution in [-0.2, 0) is 53.4 Å². The monoisotopic (exact) mass is 783 g/mol. The fourth-order valence-corrected chi connectivity index (χ4v) is 8.92. The quantitative estimate of drug-likeness (QED) is 0.343. The van der Waals surface area contributed by atoms with E-state index in [1.165, 1.54) is 4.90 Å². The molecule has 15 heteroatoms. The van der Waals surface area contributed by atoms with E-state index in [9.17, 15) is 32.4 Å². The van der Waals surface area contributed by atoms with Crippen molar-refractivity contribution in [2.75, 3.05) is 13.2 Å². The second-order valence-electron chi connectivity index (χ2n) is 17.5. The number of hydrogen-bond donors (Lipinski definition) is 3. The Bertz CT molecular complexity index is 1830. The predicted octanol–water partition coefficient (Wildman–Crippen LogP) is 4.14. The molecule has 55 heavy (non-hydrogen) atoms. The molecule has 1 saturated carbocycles. The lowest BCUT2D eigenvalue weighted by Gasteiger charge is -2.37. The van der Waals surface area contributed by atoms with Crippen molar-refractivity contribution in [2.45, 2.75) is 142 Å². The smallest absolute Gasteiger partial charge is 0.410 e. The van der Waals surface area contributed by atoms with Crippen LogP contribution in [0.2, 0.25) is 0 Å². The maximum absolute atomic E-state index is 14.6. The Morgan fingerprint density at radius 3 is 2.44 bits per heavy atom. The lowest BCUT2D eigenvalue weighted by Crippen LogP contribution is -2.65. The van der Waals surface area contributed by atoms with Crippen LogP contribution in [0.1, 0.15) is 110 Å². The van der Waals surface area contributed by atoms with Gasteiger partial charge in [0.2, 0.25) is 21.8 Å². The van der Waals surface area contributed by atoms with E-state index in [1.807, 2.05) is 26.0 Å². The third-order valence-corrected chi connectivity index (χ3v) is 13.2. The van der Waals surface area contributed by atoms with Crippen molar-refractivity contribution in [3.8, 4) is 12.3 Å². The van der Waals surface area contributed by atoms with Gasteiger partial charge < -0.3 is 25.0 Å². The van der Waals surface area contributed by atoms with Gasteiger partial charge in [0.1, 0.15) is 18.2 Å². The topological polar surface area (TPSA) is 181 Å². The normalized spacial score (nSPS) is 25.3. The zero-order chi connectivity index (χ0) is 40.5. The van der Waals surface area contributed by atoms with E-state index in [4.69, 9.17) is 15.9 Å². The number of carbonyl (C=O) groups is 5. The summed E-state index contributed by atoms with van der Waals surface area (Å²) in [4.78, 5) is 72.6. The van der Waals surface area contributed by atoms with Crippen LogP contribution in [0.25, 0.3) is 0 Å². The molecule has 0 unspecified atom stereocenters. The van der Waals surface area contributed by atoms with E-state index in [2.05, 4.69) is 27.3 Å². The van der Waals surface area contributed by atoms with E-state index in [0.717, 1.165) is 42.4 Å². The molecule has 5 amide bonds. The number of cyclic esters (lactones) is 1. The zero-order valence-corrected chi connectivity index (χ0v) is 34.0. The van der Waals surface area contributed by atoms with Crippen LogP contribution in [0.4, 0.5) is 9.59 Å². The van der Waals surface area contributed by atoms with Gasteiger partial charge in [0.25, 0.3) is 5.91 Å². The molecule has 14 nitrogen and oxygen atoms in total. The summed E-state index contributed by atoms with van der Waals surface area (Å²) >= 11 is 0. The van der Waals surface area contributed by atoms with Crippen molar-refractivity contribution in [1.29, 1.82) is 0 Å². The number of carbonyl (C=O) groups excluding carboxylic acids is 5. The molecule has 0 aromatic heterocycles. The van der Waals surface area contributed by atoms with Crippen molar-refractivity contribution in [3.05, 3.63) is 34.9 Å². The molecule has 5 atom stereocenters. The molecule has 0 radical (unpaired) electrons. The average Bonchev–Trinajstić information content (AvgIpc) is 3.76. The minimum atomic E-state index is -4.03. The molecule has 1 aromatic rings. The van der Waals surface area contributed by atoms with Crippen molar-refractivity contribution in [2.24, 2.45) is 16.7 Å². The molecule has 4 bridgehead atoms. The Morgan fingerprint density at radius 1 is 1.11 bits per heavy atom. The van der Waals surface area contributed by atoms with Crippen LogP contribution >= 0.6 is 0 Å². The maximum atomic E-state index is 14.6. The van der Waals surface area contributed by atoms with Crippen LogP contribution in [0.3, 0.4) is 0 Å². The van der Waals surface area contributed by atoms with Gasteiger partial charge in [-0.05, 0) is 72.0 Å². The van der Waals surface area contributed by atoms with Gasteiger partial charge in [0, 0.05) is 19.5 Å². The standard InChI is InChI=1S/C40H57N5O9S/c1-9-25(3)40(10-2,35(48)43-55(51,52)29-17-18-29)42-33(46)31-20-28-22-45(31)34(47)32(38(4,5)6)41-36(49)53-24-39(7,8)19-12-11-14-26-15-13-16-27-21-44(23-30(26)27)37(50)54-28/h2,13,15-16,25,28-29,31-32H,9,11-12,14,17-24H2,1,3-8H3,(H,41,49)(H,42,46)(H,43,48)/t25-,28+,31-,32+,40+/m0/s1. The van der Waals surface area contributed by atoms with Gasteiger partial charge in [0.15, 0.2) is 5.54 Å². The first kappa shape index (κ1) is 41.8. The first-order valence-electron chi connectivity index (χ1n) is 19.4. The molecule has 3 N–H and O–H groups in total. The van der Waals surface area contributed by atoms with Gasteiger partial charge in [-0.1, -0.05) is 79.0 Å². The lowest BCUT2D eigenvalue weighted by molar-refractivity contribution is -0.143. The van der Waals surface area contributed by atoms with Crippen molar-refractivity contribution in [1.82, 2.24) is 25.2 Å². The molecule has 1 saturated heterocycles. The zero-order valence-electron chi connectivity index (χ0n) is 33.2. The molecular weight excluding hydrogens is 727 g/mol. The van der Waals surface area contributed by atoms with Crippen LogP contribution in [0.15, 0.2) is 18.2 Å². The summed E-state index contributed by atoms with van der Waals surface area (Å²) in [5.41, 5.74) is -0.0333. The van der Waals surface area contributed by atoms with E-state index >= 15 is 0 Å². The van der Waals surface area contributed by atoms with E-state index in [-0.39, 0.29) is 25.0 Å². The number of nitrogens with one attached hydrogen (secondary N) is 3. The molecule has 4 aliphatic rings. The second-order valence-corrected chi connectivity index (χ2v) is 19.4. The molecule has 1 aliphatic carbocycles. The van der Waals surface area contributed by atoms with Gasteiger partial charge in [-0.3, -0.25) is 19.3 Å². The highest BCUT2D eigenvalue weighted by Crippen LogP contribution is 2.33. The third-order valence-electron chi connectivity index (χ3n) is 11.4. The summed E-state index contributed by atoms with van der Waals surface area (Å²) in [6, 6.07) is 3.57. The largest absolute Gasteiger partial charge is 0.449 e. The Balaban J connectivity index is 1.48. The van der Waals surface area contributed by atoms with Crippen LogP contribution in [-0.4, -0.2) is 90.3 Å². The number of sulfonamides is 1. The number of terminal acetylenes is 1. The summed E-state index contributed by atoms with van der Waals surface area (Å²) < 4.78 is 39.4. The highest BCUT2D eigenvalue weighted by Gasteiger charge is 2.51. The summed E-state index contributed by atoms with van der Waals surface area (Å²) in [6.45, 7) is 13.3. The maximum Gasteiger partial charge on any atom is 0.410 e. The number of amides is 5. The van der Waals surface area contributed by atoms with E-state index < -0.39 is 80.2 Å². The molecule has 1 aromatic carbocycles. The van der Waals surface area contributed by atoms with Crippen molar-refractivity contribution in [3.63, 3.8) is 0 Å². The molecule has 2 fully saturated rings. The molecular formula is C40H57N5O9S. The lowest BCUT2D eigenvalue weighted by atomic mass is 9.82. The number of aryl methyl sites for hydroxylation is 1. The summed E-state index contributed by atoms with van der Waals surface area (Å²) in [6.07, 6.45) is 8.00. The summed E-state index contributed by atoms with van der Waals surface area (Å²) in [5.74, 6) is -0.888. The highest BCUT2D eigenvalue weighted by molar-refractivity contribution is 7.91. The number of ether oxygens (including phenoxy) is 2. The molecule has 302 valence electrons. The molecule has 0 spiro atoms. The summed E-state index contributed by atoms with van der Waals surface area (Å²) in [5, 5.41) is 4.66. The molecule has 3 aliphatic heterocycles. The molecule has 5 rings (SSSR count). The van der Waals surface area contributed by atoms with Gasteiger partial charge in [-0.15, -0.1) is 6.42 Å². The Morgan fingerprint density at radius 2 is 1.80 bits per heavy atom. The first-order chi connectivity index (χ1) is 25.7. The second kappa shape index (κ2) is 16.0. The minimum Gasteiger partial charge on any atom is -0.449 e. The van der Waals surface area contributed by atoms with E-state index in [1.54, 1.807) is 39.5 Å². The number of fused-ring (bicyclic) bond motifs is 3. The van der Waals surface area contributed by atoms with Crippen LogP contribution in [0.5, 0.6) is 0 Å². The Kier molecular flexibility index (Phi) is 12.2. The van der Waals surface area contributed by atoms with Gasteiger partial charge in [0.05, 0.1) is 18.4 Å². The highest BCUT2D eigenvalue weighted by atomic mass is 32.2. The van der Waals surface area contributed by atoms with Crippen LogP contribution < -0.4 is 15.4 Å². The number of benzene rings is 1. The van der Waals surface area contributed by atoms with E-state index in [0.29, 0.717) is 32.4 Å². The SMILES string of the molecule is C#C[C@](NC(=O)[C@@H]1C[C@@H]2CN1C(=O)[C@H](C(C)(C)C)NC(=O)OCC(C)(C)CCCCc1cccc3c1CN(C3)C(=O)O2)(C(=O)NS(=O)(=O)C1CC1)[C@@H](C)CC. The Hall–Kier alpha value is -4.32. The van der Waals surface area contributed by atoms with Crippen molar-refractivity contribution < 1.29 is 41.9 Å². The molecule has 3 heterocycles. The fraction of sp³-hybridized carbons (Fsp3) is 0.675. The number of hydrogen-bond acceptors (Lipinski definition) is 9. The Labute approximate surface area is 325 Å².